The van der Waals surface area contributed by atoms with Gasteiger partial charge in [-0.3, -0.25) is 0 Å². The Morgan fingerprint density at radius 1 is 0.833 bits per heavy atom. The van der Waals surface area contributed by atoms with Crippen LogP contribution in [0.25, 0.3) is 0 Å². The van der Waals surface area contributed by atoms with Crippen molar-refractivity contribution in [3.8, 4) is 0 Å². The fourth-order valence-electron chi connectivity index (χ4n) is 0. The molecule has 0 aromatic rings. The van der Waals surface area contributed by atoms with E-state index in [1.165, 1.54) is 0 Å². The molecule has 0 atom stereocenters. The van der Waals surface area contributed by atoms with Crippen LogP contribution in [0.3, 0.4) is 0 Å². The molecule has 0 aliphatic heterocycles. The monoisotopic (exact) mass is 226 g/mol. The first-order chi connectivity index (χ1) is 1.00. The van der Waals surface area contributed by atoms with Gasteiger partial charge in [0.1, 0.15) is 0 Å². The summed E-state index contributed by atoms with van der Waals surface area (Å²) < 4.78 is 0. The van der Waals surface area contributed by atoms with Crippen LogP contribution in [0.2, 0.25) is 0 Å². The van der Waals surface area contributed by atoms with Gasteiger partial charge in [0.15, 0.2) is 0 Å². The molecule has 0 bridgehead atoms. The summed E-state index contributed by atoms with van der Waals surface area (Å²) in [5, 5.41) is 0. The van der Waals surface area contributed by atoms with E-state index >= 15 is 0 Å². The topological polar surface area (TPSA) is 0 Å². The molecule has 0 rings (SSSR count). The molecule has 0 spiro atoms. The molecule has 0 aliphatic rings. The third kappa shape index (κ3) is 55.4. The van der Waals surface area contributed by atoms with Gasteiger partial charge < -0.3 is 14.1 Å². The Morgan fingerprint density at radius 2 is 0.833 bits per heavy atom. The van der Waals surface area contributed by atoms with E-state index in [-0.39, 0.29) is 31.5 Å². The van der Waals surface area contributed by atoms with Crippen molar-refractivity contribution < 1.29 is 34.1 Å². The molecule has 6 heavy (non-hydrogen) atoms. The zero-order chi connectivity index (χ0) is 2.00. The molecular weight excluding hydrogens is 227 g/mol. The van der Waals surface area contributed by atoms with E-state index in [2.05, 4.69) is 29.2 Å². The maximum Gasteiger partial charge on any atom is -1.00 e. The first kappa shape index (κ1) is 53.6. The van der Waals surface area contributed by atoms with Crippen molar-refractivity contribution in [3.05, 3.63) is 0 Å². The predicted octanol–water partition coefficient (Wildman–Crippen LogP) is -8.68. The smallest absolute Gasteiger partial charge is 1.00 e. The Morgan fingerprint density at radius 3 is 0.833 bits per heavy atom. The van der Waals surface area contributed by atoms with Crippen molar-refractivity contribution in [1.82, 2.24) is 0 Å². The van der Waals surface area contributed by atoms with Gasteiger partial charge in [0.25, 0.3) is 0 Å². The summed E-state index contributed by atoms with van der Waals surface area (Å²) in [7, 11) is 4.45. The maximum absolute atomic E-state index is 4.45. The van der Waals surface area contributed by atoms with Crippen LogP contribution in [0.1, 0.15) is 0 Å². The van der Waals surface area contributed by atoms with Crippen molar-refractivity contribution >= 4 is 26.6 Å². The van der Waals surface area contributed by atoms with Gasteiger partial charge in [-0.05, 0) is 0 Å². The van der Waals surface area contributed by atoms with E-state index in [9.17, 15) is 0 Å². The van der Waals surface area contributed by atoms with E-state index in [1.807, 2.05) is 0 Å². The summed E-state index contributed by atoms with van der Waals surface area (Å²) >= 11 is 2.42. The first-order valence-corrected chi connectivity index (χ1v) is 2.02. The molecule has 0 radical (unpaired) electrons. The summed E-state index contributed by atoms with van der Waals surface area (Å²) in [6.45, 7) is 0. The van der Waals surface area contributed by atoms with Gasteiger partial charge in [0, 0.05) is 0 Å². The quantitative estimate of drug-likeness (QED) is 0.361. The van der Waals surface area contributed by atoms with Crippen LogP contribution < -0.4 is 14.1 Å². The molecule has 0 nitrogen and oxygen atoms in total. The Labute approximate surface area is 60.6 Å². The largest absolute Gasteiger partial charge is 1.00 e. The molecule has 0 heterocycles. The van der Waals surface area contributed by atoms with Crippen molar-refractivity contribution in [3.63, 3.8) is 0 Å². The van der Waals surface area contributed by atoms with Gasteiger partial charge >= 0.3 is 46.5 Å². The van der Waals surface area contributed by atoms with Crippen LogP contribution >= 0.6 is 9.19 Å². The molecular formula is AgAlClF3. The molecule has 42 valence electrons. The van der Waals surface area contributed by atoms with Crippen LogP contribution in [0.4, 0.5) is 0 Å². The van der Waals surface area contributed by atoms with Crippen molar-refractivity contribution in [2.45, 2.75) is 0 Å². The fourth-order valence-corrected chi connectivity index (χ4v) is 0. The zero-order valence-electron chi connectivity index (χ0n) is 2.39. The van der Waals surface area contributed by atoms with E-state index in [0.717, 1.165) is 0 Å². The van der Waals surface area contributed by atoms with Gasteiger partial charge in [-0.25, -0.2) is 0 Å². The molecule has 0 aliphatic carbocycles. The molecule has 0 saturated heterocycles. The van der Waals surface area contributed by atoms with E-state index in [1.54, 1.807) is 0 Å². The van der Waals surface area contributed by atoms with Gasteiger partial charge in [0.2, 0.25) is 0 Å². The second-order valence-electron chi connectivity index (χ2n) is 0. The normalized spacial score (nSPS) is 1.17. The molecule has 0 fully saturated rings. The van der Waals surface area contributed by atoms with Crippen LogP contribution in [-0.2, 0) is 20.0 Å². The molecule has 0 saturated carbocycles. The molecule has 6 heteroatoms. The number of halogens is 4. The Kier molecular flexibility index (Phi) is 889. The Bertz CT molecular complexity index is 10.8. The third-order valence-electron chi connectivity index (χ3n) is 0. The second-order valence-corrected chi connectivity index (χ2v) is 0. The predicted molar refractivity (Wildman–Crippen MR) is 11.6 cm³/mol. The van der Waals surface area contributed by atoms with E-state index < -0.39 is 0 Å². The van der Waals surface area contributed by atoms with Gasteiger partial charge in [-0.2, -0.15) is 0 Å². The SMILES string of the molecule is [Al+3].[Cl][Ag].[F-].[F-].[F-]. The standard InChI is InChI=1S/Ag.Al.ClH.3FH/h;;4*1H/q+1;+3;;;;/p-4. The molecule has 0 aromatic heterocycles. The third-order valence-corrected chi connectivity index (χ3v) is 0. The Balaban J connectivity index is -0.000000000833. The molecule has 0 N–H and O–H groups in total. The molecule has 0 amide bonds. The summed E-state index contributed by atoms with van der Waals surface area (Å²) in [6.07, 6.45) is 0. The summed E-state index contributed by atoms with van der Waals surface area (Å²) in [5.41, 5.74) is 0. The van der Waals surface area contributed by atoms with Gasteiger partial charge in [0.05, 0.1) is 0 Å². The van der Waals surface area contributed by atoms with Gasteiger partial charge in [-0.1, -0.05) is 0 Å². The van der Waals surface area contributed by atoms with Crippen LogP contribution in [0.5, 0.6) is 0 Å². The molecule has 0 unspecified atom stereocenters. The van der Waals surface area contributed by atoms with Crippen LogP contribution in [0, 0.1) is 0 Å². The second kappa shape index (κ2) is 99.5. The van der Waals surface area contributed by atoms with Crippen molar-refractivity contribution in [2.75, 3.05) is 0 Å². The minimum absolute atomic E-state index is 0. The summed E-state index contributed by atoms with van der Waals surface area (Å²) in [4.78, 5) is 0. The number of hydrogen-bond acceptors (Lipinski definition) is 0. The average Bonchev–Trinajstić information content (AvgIpc) is 1.00. The van der Waals surface area contributed by atoms with Crippen molar-refractivity contribution in [2.24, 2.45) is 0 Å². The minimum atomic E-state index is 0. The summed E-state index contributed by atoms with van der Waals surface area (Å²) in [5.74, 6) is 0. The number of hydrogen-bond donors (Lipinski definition) is 0. The average molecular weight is 227 g/mol. The number of rotatable bonds is 0. The first-order valence-electron chi connectivity index (χ1n) is 0.114. The Hall–Kier alpha value is 1.35. The minimum Gasteiger partial charge on any atom is -1.00 e. The summed E-state index contributed by atoms with van der Waals surface area (Å²) in [6, 6.07) is 0. The maximum atomic E-state index is 4.45. The van der Waals surface area contributed by atoms with Gasteiger partial charge in [-0.15, -0.1) is 0 Å². The van der Waals surface area contributed by atoms with E-state index in [0.29, 0.717) is 0 Å². The van der Waals surface area contributed by atoms with Crippen LogP contribution in [-0.4, -0.2) is 17.4 Å². The molecule has 0 aromatic carbocycles. The van der Waals surface area contributed by atoms with Crippen LogP contribution in [0.15, 0.2) is 0 Å². The van der Waals surface area contributed by atoms with E-state index in [4.69, 9.17) is 0 Å². The van der Waals surface area contributed by atoms with Crippen molar-refractivity contribution in [1.29, 1.82) is 0 Å². The fraction of sp³-hybridized carbons (Fsp3) is 0. The zero-order valence-corrected chi connectivity index (χ0v) is 5.78.